The summed E-state index contributed by atoms with van der Waals surface area (Å²) in [6, 6.07) is 46.2. The van der Waals surface area contributed by atoms with Crippen LogP contribution in [-0.4, -0.2) is 9.55 Å². The van der Waals surface area contributed by atoms with E-state index in [0.29, 0.717) is 0 Å². The number of aromatic nitrogens is 2. The average molecular weight is 527 g/mol. The van der Waals surface area contributed by atoms with Gasteiger partial charge >= 0.3 is 0 Å². The third kappa shape index (κ3) is 4.15. The topological polar surface area (TPSA) is 17.8 Å². The highest BCUT2D eigenvalue weighted by molar-refractivity contribution is 5.96. The summed E-state index contributed by atoms with van der Waals surface area (Å²) in [6.07, 6.45) is 6.70. The summed E-state index contributed by atoms with van der Waals surface area (Å²) in [7, 11) is 0. The average Bonchev–Trinajstić information content (AvgIpc) is 3.39. The summed E-state index contributed by atoms with van der Waals surface area (Å²) in [5.41, 5.74) is 12.5. The van der Waals surface area contributed by atoms with Gasteiger partial charge in [0, 0.05) is 33.9 Å². The van der Waals surface area contributed by atoms with E-state index in [1.807, 2.05) is 6.20 Å². The first-order chi connectivity index (χ1) is 20.3. The summed E-state index contributed by atoms with van der Waals surface area (Å²) < 4.78 is 2.53. The lowest BCUT2D eigenvalue weighted by molar-refractivity contribution is 0.667. The molecule has 2 heteroatoms. The molecule has 0 amide bonds. The van der Waals surface area contributed by atoms with Crippen LogP contribution in [0.3, 0.4) is 0 Å². The minimum Gasteiger partial charge on any atom is -0.313 e. The molecule has 0 radical (unpaired) electrons. The van der Waals surface area contributed by atoms with Crippen molar-refractivity contribution >= 4 is 21.7 Å². The lowest BCUT2D eigenvalue weighted by atomic mass is 9.94. The maximum absolute atomic E-state index is 4.94. The number of hydrogen-bond donors (Lipinski definition) is 0. The lowest BCUT2D eigenvalue weighted by Gasteiger charge is -2.18. The molecule has 196 valence electrons. The molecule has 1 aliphatic carbocycles. The monoisotopic (exact) mass is 526 g/mol. The highest BCUT2D eigenvalue weighted by Crippen LogP contribution is 2.38. The van der Waals surface area contributed by atoms with E-state index in [1.165, 1.54) is 73.7 Å². The van der Waals surface area contributed by atoms with Crippen LogP contribution in [0, 0.1) is 0 Å². The summed E-state index contributed by atoms with van der Waals surface area (Å²) in [6.45, 7) is 0. The zero-order valence-corrected chi connectivity index (χ0v) is 22.9. The molecule has 0 saturated carbocycles. The molecule has 2 nitrogen and oxygen atoms in total. The van der Waals surface area contributed by atoms with Gasteiger partial charge in [0.1, 0.15) is 0 Å². The number of hydrogen-bond acceptors (Lipinski definition) is 1. The molecular weight excluding hydrogens is 496 g/mol. The minimum absolute atomic E-state index is 1.02. The van der Waals surface area contributed by atoms with Gasteiger partial charge in [-0.1, -0.05) is 91.0 Å². The van der Waals surface area contributed by atoms with Crippen molar-refractivity contribution in [2.45, 2.75) is 25.7 Å². The van der Waals surface area contributed by atoms with E-state index in [1.54, 1.807) is 0 Å². The Morgan fingerprint density at radius 2 is 1.20 bits per heavy atom. The fourth-order valence-corrected chi connectivity index (χ4v) is 6.69. The SMILES string of the molecule is c1ccc(-c2cccc(-c3cc(-c4nccc5ccccc45)cc(-n4c5c(c6ccccc64)CCCC5)c3)c2)cc1. The largest absolute Gasteiger partial charge is 0.313 e. The van der Waals surface area contributed by atoms with E-state index >= 15 is 0 Å². The van der Waals surface area contributed by atoms with Gasteiger partial charge in [0.15, 0.2) is 0 Å². The summed E-state index contributed by atoms with van der Waals surface area (Å²) in [5, 5.41) is 3.78. The van der Waals surface area contributed by atoms with Gasteiger partial charge < -0.3 is 4.57 Å². The summed E-state index contributed by atoms with van der Waals surface area (Å²) >= 11 is 0. The second kappa shape index (κ2) is 9.91. The number of nitrogens with zero attached hydrogens (tertiary/aromatic N) is 2. The van der Waals surface area contributed by atoms with Crippen molar-refractivity contribution in [3.8, 4) is 39.2 Å². The third-order valence-corrected chi connectivity index (χ3v) is 8.60. The molecular formula is C39H30N2. The van der Waals surface area contributed by atoms with Gasteiger partial charge in [0.25, 0.3) is 0 Å². The number of pyridine rings is 1. The smallest absolute Gasteiger partial charge is 0.0781 e. The van der Waals surface area contributed by atoms with E-state index in [2.05, 4.69) is 132 Å². The molecule has 8 rings (SSSR count). The van der Waals surface area contributed by atoms with Crippen molar-refractivity contribution in [3.63, 3.8) is 0 Å². The van der Waals surface area contributed by atoms with E-state index in [9.17, 15) is 0 Å². The van der Waals surface area contributed by atoms with Crippen molar-refractivity contribution in [2.75, 3.05) is 0 Å². The summed E-state index contributed by atoms with van der Waals surface area (Å²) in [4.78, 5) is 4.94. The molecule has 0 aliphatic heterocycles. The Labute approximate surface area is 240 Å². The molecule has 5 aromatic carbocycles. The lowest BCUT2D eigenvalue weighted by Crippen LogP contribution is -2.07. The van der Waals surface area contributed by atoms with Crippen LogP contribution in [0.15, 0.2) is 134 Å². The first-order valence-corrected chi connectivity index (χ1v) is 14.6. The highest BCUT2D eigenvalue weighted by Gasteiger charge is 2.22. The standard InChI is InChI=1S/C39H30N2/c1-2-11-27(12-3-1)29-14-10-15-30(23-29)31-24-32(39-34-16-5-4-13-28(34)21-22-40-39)26-33(25-31)41-37-19-8-6-17-35(37)36-18-7-9-20-38(36)41/h1-6,8,10-17,19,21-26H,7,9,18,20H2. The number of fused-ring (bicyclic) bond motifs is 4. The molecule has 41 heavy (non-hydrogen) atoms. The van der Waals surface area contributed by atoms with Gasteiger partial charge in [0.05, 0.1) is 11.2 Å². The number of benzene rings is 5. The maximum atomic E-state index is 4.94. The van der Waals surface area contributed by atoms with E-state index < -0.39 is 0 Å². The Balaban J connectivity index is 1.40. The molecule has 0 fully saturated rings. The molecule has 0 unspecified atom stereocenters. The van der Waals surface area contributed by atoms with Crippen LogP contribution >= 0.6 is 0 Å². The van der Waals surface area contributed by atoms with E-state index in [4.69, 9.17) is 4.98 Å². The predicted octanol–water partition coefficient (Wildman–Crippen LogP) is 10.1. The highest BCUT2D eigenvalue weighted by atomic mass is 15.0. The van der Waals surface area contributed by atoms with Crippen LogP contribution in [0.25, 0.3) is 60.9 Å². The Morgan fingerprint density at radius 1 is 0.512 bits per heavy atom. The maximum Gasteiger partial charge on any atom is 0.0781 e. The molecule has 2 heterocycles. The van der Waals surface area contributed by atoms with Crippen molar-refractivity contribution in [1.29, 1.82) is 0 Å². The molecule has 0 bridgehead atoms. The molecule has 0 saturated heterocycles. The Kier molecular flexibility index (Phi) is 5.77. The first-order valence-electron chi connectivity index (χ1n) is 14.6. The number of para-hydroxylation sites is 1. The van der Waals surface area contributed by atoms with Crippen LogP contribution < -0.4 is 0 Å². The van der Waals surface area contributed by atoms with Crippen LogP contribution in [0.2, 0.25) is 0 Å². The molecule has 1 aliphatic rings. The molecule has 0 N–H and O–H groups in total. The van der Waals surface area contributed by atoms with Crippen LogP contribution in [0.1, 0.15) is 24.1 Å². The van der Waals surface area contributed by atoms with Crippen molar-refractivity contribution in [1.82, 2.24) is 9.55 Å². The predicted molar refractivity (Wildman–Crippen MR) is 172 cm³/mol. The molecule has 0 spiro atoms. The molecule has 7 aromatic rings. The fourth-order valence-electron chi connectivity index (χ4n) is 6.69. The van der Waals surface area contributed by atoms with E-state index in [0.717, 1.165) is 24.1 Å². The Morgan fingerprint density at radius 3 is 2.10 bits per heavy atom. The van der Waals surface area contributed by atoms with Crippen LogP contribution in [-0.2, 0) is 12.8 Å². The Hall–Kier alpha value is -4.95. The zero-order chi connectivity index (χ0) is 27.2. The van der Waals surface area contributed by atoms with Gasteiger partial charge in [-0.05, 0) is 95.3 Å². The van der Waals surface area contributed by atoms with Crippen LogP contribution in [0.4, 0.5) is 0 Å². The van der Waals surface area contributed by atoms with Gasteiger partial charge in [-0.15, -0.1) is 0 Å². The minimum atomic E-state index is 1.02. The fraction of sp³-hybridized carbons (Fsp3) is 0.103. The summed E-state index contributed by atoms with van der Waals surface area (Å²) in [5.74, 6) is 0. The third-order valence-electron chi connectivity index (χ3n) is 8.60. The van der Waals surface area contributed by atoms with Crippen molar-refractivity contribution in [2.24, 2.45) is 0 Å². The van der Waals surface area contributed by atoms with Gasteiger partial charge in [-0.2, -0.15) is 0 Å². The normalized spacial score (nSPS) is 13.0. The quantitative estimate of drug-likeness (QED) is 0.223. The second-order valence-electron chi connectivity index (χ2n) is 11.1. The van der Waals surface area contributed by atoms with Gasteiger partial charge in [0.2, 0.25) is 0 Å². The van der Waals surface area contributed by atoms with Gasteiger partial charge in [-0.25, -0.2) is 0 Å². The van der Waals surface area contributed by atoms with Crippen LogP contribution in [0.5, 0.6) is 0 Å². The van der Waals surface area contributed by atoms with E-state index in [-0.39, 0.29) is 0 Å². The number of aryl methyl sites for hydroxylation is 1. The van der Waals surface area contributed by atoms with Crippen molar-refractivity contribution in [3.05, 3.63) is 145 Å². The Bertz CT molecular complexity index is 2040. The molecule has 0 atom stereocenters. The molecule has 2 aromatic heterocycles. The van der Waals surface area contributed by atoms with Gasteiger partial charge in [-0.3, -0.25) is 4.98 Å². The second-order valence-corrected chi connectivity index (χ2v) is 11.1. The number of rotatable bonds is 4. The van der Waals surface area contributed by atoms with Crippen molar-refractivity contribution < 1.29 is 0 Å². The zero-order valence-electron chi connectivity index (χ0n) is 22.9. The first kappa shape index (κ1) is 23.9.